The molecule has 8 nitrogen and oxygen atoms in total. The summed E-state index contributed by atoms with van der Waals surface area (Å²) in [5.41, 5.74) is 5.65. The van der Waals surface area contributed by atoms with Crippen molar-refractivity contribution in [3.8, 4) is 11.4 Å². The van der Waals surface area contributed by atoms with Gasteiger partial charge in [0.05, 0.1) is 30.1 Å². The van der Waals surface area contributed by atoms with Gasteiger partial charge in [0.15, 0.2) is 11.4 Å². The average Bonchev–Trinajstić information content (AvgIpc) is 2.68. The minimum absolute atomic E-state index is 0.0150. The Hall–Kier alpha value is -3.94. The number of carbonyl (C=O) groups is 2. The normalized spacial score (nSPS) is 10.3. The van der Waals surface area contributed by atoms with E-state index in [1.54, 1.807) is 42.5 Å². The van der Waals surface area contributed by atoms with Gasteiger partial charge in [0.1, 0.15) is 0 Å². The van der Waals surface area contributed by atoms with E-state index in [1.807, 2.05) is 0 Å². The molecule has 1 heterocycles. The summed E-state index contributed by atoms with van der Waals surface area (Å²) < 4.78 is 6.22. The lowest BCUT2D eigenvalue weighted by molar-refractivity contribution is 0.100. The second-order valence-electron chi connectivity index (χ2n) is 5.51. The molecule has 3 aromatic rings. The molecule has 0 aliphatic carbocycles. The number of rotatable bonds is 5. The van der Waals surface area contributed by atoms with Gasteiger partial charge in [-0.05, 0) is 24.3 Å². The summed E-state index contributed by atoms with van der Waals surface area (Å²) >= 11 is 0. The van der Waals surface area contributed by atoms with Crippen molar-refractivity contribution in [2.45, 2.75) is 0 Å². The number of nitrogens with two attached hydrogens (primary N) is 1. The van der Waals surface area contributed by atoms with E-state index in [9.17, 15) is 14.4 Å². The van der Waals surface area contributed by atoms with Crippen LogP contribution in [-0.2, 0) is 0 Å². The summed E-state index contributed by atoms with van der Waals surface area (Å²) in [6.07, 6.45) is 0. The highest BCUT2D eigenvalue weighted by Gasteiger charge is 2.20. The van der Waals surface area contributed by atoms with Gasteiger partial charge in [-0.25, -0.2) is 0 Å². The highest BCUT2D eigenvalue weighted by molar-refractivity contribution is 6.08. The molecule has 0 fully saturated rings. The molecule has 2 aromatic carbocycles. The van der Waals surface area contributed by atoms with Crippen LogP contribution in [0.2, 0.25) is 0 Å². The van der Waals surface area contributed by atoms with Crippen molar-refractivity contribution < 1.29 is 14.3 Å². The molecule has 2 amide bonds. The van der Waals surface area contributed by atoms with Crippen molar-refractivity contribution in [3.63, 3.8) is 0 Å². The summed E-state index contributed by atoms with van der Waals surface area (Å²) in [7, 11) is 1.33. The zero-order valence-electron chi connectivity index (χ0n) is 14.4. The Bertz CT molecular complexity index is 1060. The van der Waals surface area contributed by atoms with Crippen LogP contribution in [0.5, 0.6) is 5.75 Å². The Balaban J connectivity index is 2.04. The first-order valence-electron chi connectivity index (χ1n) is 7.95. The standard InChI is InChI=1S/C19H16N4O4/c1-27-15-11-16(24)23(12-7-3-2-4-8-12)22-17(15)19(26)21-14-10-6-5-9-13(14)18(20)25/h2-11H,1H3,(H2,20,25)(H,21,26). The van der Waals surface area contributed by atoms with E-state index in [4.69, 9.17) is 10.5 Å². The first-order valence-corrected chi connectivity index (χ1v) is 7.95. The molecule has 3 rings (SSSR count). The predicted molar refractivity (Wildman–Crippen MR) is 99.3 cm³/mol. The molecule has 136 valence electrons. The number of amides is 2. The van der Waals surface area contributed by atoms with Crippen molar-refractivity contribution in [1.29, 1.82) is 0 Å². The van der Waals surface area contributed by atoms with Crippen LogP contribution >= 0.6 is 0 Å². The van der Waals surface area contributed by atoms with Gasteiger partial charge in [0.2, 0.25) is 0 Å². The monoisotopic (exact) mass is 364 g/mol. The van der Waals surface area contributed by atoms with Gasteiger partial charge in [0, 0.05) is 0 Å². The number of hydrogen-bond acceptors (Lipinski definition) is 5. The second kappa shape index (κ2) is 7.52. The maximum atomic E-state index is 12.7. The average molecular weight is 364 g/mol. The van der Waals surface area contributed by atoms with E-state index in [-0.39, 0.29) is 22.7 Å². The third kappa shape index (κ3) is 3.69. The topological polar surface area (TPSA) is 116 Å². The van der Waals surface area contributed by atoms with Crippen LogP contribution in [0.4, 0.5) is 5.69 Å². The number of nitrogens with one attached hydrogen (secondary N) is 1. The highest BCUT2D eigenvalue weighted by Crippen LogP contribution is 2.19. The summed E-state index contributed by atoms with van der Waals surface area (Å²) in [4.78, 5) is 36.6. The number of anilines is 1. The number of para-hydroxylation sites is 2. The first kappa shape index (κ1) is 17.9. The lowest BCUT2D eigenvalue weighted by Gasteiger charge is -2.12. The molecule has 0 atom stereocenters. The minimum Gasteiger partial charge on any atom is -0.494 e. The van der Waals surface area contributed by atoms with E-state index < -0.39 is 17.4 Å². The van der Waals surface area contributed by atoms with Crippen LogP contribution in [0, 0.1) is 0 Å². The van der Waals surface area contributed by atoms with E-state index >= 15 is 0 Å². The van der Waals surface area contributed by atoms with Crippen LogP contribution < -0.4 is 21.3 Å². The molecular formula is C19H16N4O4. The fraction of sp³-hybridized carbons (Fsp3) is 0.0526. The molecule has 0 bridgehead atoms. The summed E-state index contributed by atoms with van der Waals surface area (Å²) in [6, 6.07) is 16.2. The molecule has 0 unspecified atom stereocenters. The number of hydrogen-bond donors (Lipinski definition) is 2. The Morgan fingerprint density at radius 1 is 1.07 bits per heavy atom. The third-order valence-corrected chi connectivity index (χ3v) is 3.77. The van der Waals surface area contributed by atoms with Crippen molar-refractivity contribution in [2.24, 2.45) is 5.73 Å². The number of carbonyl (C=O) groups excluding carboxylic acids is 2. The number of aromatic nitrogens is 2. The lowest BCUT2D eigenvalue weighted by atomic mass is 10.1. The van der Waals surface area contributed by atoms with Crippen LogP contribution in [0.3, 0.4) is 0 Å². The zero-order chi connectivity index (χ0) is 19.4. The predicted octanol–water partition coefficient (Wildman–Crippen LogP) is 1.59. The van der Waals surface area contributed by atoms with Gasteiger partial charge >= 0.3 is 0 Å². The first-order chi connectivity index (χ1) is 13.0. The van der Waals surface area contributed by atoms with Gasteiger partial charge in [-0.3, -0.25) is 14.4 Å². The van der Waals surface area contributed by atoms with Gasteiger partial charge in [-0.15, -0.1) is 0 Å². The summed E-state index contributed by atoms with van der Waals surface area (Å²) in [6.45, 7) is 0. The molecule has 8 heteroatoms. The fourth-order valence-corrected chi connectivity index (χ4v) is 2.50. The van der Waals surface area contributed by atoms with Crippen molar-refractivity contribution >= 4 is 17.5 Å². The molecule has 0 aliphatic heterocycles. The Morgan fingerprint density at radius 2 is 1.74 bits per heavy atom. The fourth-order valence-electron chi connectivity index (χ4n) is 2.50. The van der Waals surface area contributed by atoms with Crippen LogP contribution in [-0.4, -0.2) is 28.7 Å². The maximum Gasteiger partial charge on any atom is 0.280 e. The molecule has 0 radical (unpaired) electrons. The van der Waals surface area contributed by atoms with E-state index in [2.05, 4.69) is 10.4 Å². The largest absolute Gasteiger partial charge is 0.494 e. The van der Waals surface area contributed by atoms with Crippen LogP contribution in [0.25, 0.3) is 5.69 Å². The summed E-state index contributed by atoms with van der Waals surface area (Å²) in [5, 5.41) is 6.72. The number of primary amides is 1. The Morgan fingerprint density at radius 3 is 2.41 bits per heavy atom. The van der Waals surface area contributed by atoms with E-state index in [0.717, 1.165) is 4.68 Å². The van der Waals surface area contributed by atoms with Gasteiger partial charge in [0.25, 0.3) is 17.4 Å². The second-order valence-corrected chi connectivity index (χ2v) is 5.51. The molecule has 0 saturated heterocycles. The molecule has 1 aromatic heterocycles. The third-order valence-electron chi connectivity index (χ3n) is 3.77. The van der Waals surface area contributed by atoms with E-state index in [1.165, 1.54) is 25.3 Å². The van der Waals surface area contributed by atoms with Crippen molar-refractivity contribution in [3.05, 3.63) is 82.3 Å². The SMILES string of the molecule is COc1cc(=O)n(-c2ccccc2)nc1C(=O)Nc1ccccc1C(N)=O. The zero-order valence-corrected chi connectivity index (χ0v) is 14.4. The molecule has 3 N–H and O–H groups in total. The van der Waals surface area contributed by atoms with Gasteiger partial charge < -0.3 is 15.8 Å². The number of ether oxygens (including phenoxy) is 1. The number of benzene rings is 2. The van der Waals surface area contributed by atoms with Crippen molar-refractivity contribution in [2.75, 3.05) is 12.4 Å². The molecule has 0 spiro atoms. The van der Waals surface area contributed by atoms with Crippen LogP contribution in [0.15, 0.2) is 65.5 Å². The van der Waals surface area contributed by atoms with Crippen LogP contribution in [0.1, 0.15) is 20.8 Å². The maximum absolute atomic E-state index is 12.7. The smallest absolute Gasteiger partial charge is 0.280 e. The lowest BCUT2D eigenvalue weighted by Crippen LogP contribution is -2.26. The Kier molecular flexibility index (Phi) is 4.98. The van der Waals surface area contributed by atoms with E-state index in [0.29, 0.717) is 5.69 Å². The molecule has 0 aliphatic rings. The molecular weight excluding hydrogens is 348 g/mol. The van der Waals surface area contributed by atoms with Gasteiger partial charge in [-0.1, -0.05) is 30.3 Å². The minimum atomic E-state index is -0.680. The Labute approximate surface area is 154 Å². The summed E-state index contributed by atoms with van der Waals surface area (Å²) in [5.74, 6) is -1.31. The quantitative estimate of drug-likeness (QED) is 0.713. The number of nitrogens with zero attached hydrogens (tertiary/aromatic N) is 2. The highest BCUT2D eigenvalue weighted by atomic mass is 16.5. The van der Waals surface area contributed by atoms with Gasteiger partial charge in [-0.2, -0.15) is 9.78 Å². The molecule has 0 saturated carbocycles. The van der Waals surface area contributed by atoms with Crippen molar-refractivity contribution in [1.82, 2.24) is 9.78 Å². The molecule has 27 heavy (non-hydrogen) atoms. The number of methoxy groups -OCH3 is 1.